The number of guanidine groups is 1. The normalized spacial score (nSPS) is 10.9. The molecule has 2 aromatic rings. The van der Waals surface area contributed by atoms with Crippen LogP contribution in [0.15, 0.2) is 53.5 Å². The Kier molecular flexibility index (Phi) is 10.5. The van der Waals surface area contributed by atoms with Gasteiger partial charge in [0, 0.05) is 38.9 Å². The fourth-order valence-electron chi connectivity index (χ4n) is 2.65. The Morgan fingerprint density at radius 3 is 2.52 bits per heavy atom. The Morgan fingerprint density at radius 2 is 1.89 bits per heavy atom. The van der Waals surface area contributed by atoms with Crippen molar-refractivity contribution in [3.8, 4) is 5.75 Å². The first-order valence-corrected chi connectivity index (χ1v) is 8.86. The Bertz CT molecular complexity index is 712. The van der Waals surface area contributed by atoms with E-state index in [2.05, 4.69) is 39.6 Å². The largest absolute Gasteiger partial charge is 0.505 e. The van der Waals surface area contributed by atoms with Crippen LogP contribution in [-0.2, 0) is 6.54 Å². The number of nitrogens with zero attached hydrogens (tertiary/aromatic N) is 2. The predicted molar refractivity (Wildman–Crippen MR) is 121 cm³/mol. The van der Waals surface area contributed by atoms with Crippen LogP contribution in [0.2, 0.25) is 0 Å². The van der Waals surface area contributed by atoms with E-state index in [0.29, 0.717) is 12.5 Å². The van der Waals surface area contributed by atoms with Gasteiger partial charge in [-0.25, -0.2) is 4.39 Å². The van der Waals surface area contributed by atoms with Crippen molar-refractivity contribution in [3.63, 3.8) is 0 Å². The molecule has 5 nitrogen and oxygen atoms in total. The van der Waals surface area contributed by atoms with Gasteiger partial charge >= 0.3 is 0 Å². The van der Waals surface area contributed by atoms with Gasteiger partial charge in [0.15, 0.2) is 17.5 Å². The highest BCUT2D eigenvalue weighted by atomic mass is 127. The third kappa shape index (κ3) is 7.62. The highest BCUT2D eigenvalue weighted by Gasteiger charge is 2.05. The van der Waals surface area contributed by atoms with Crippen molar-refractivity contribution < 1.29 is 9.50 Å². The molecule has 0 spiro atoms. The molecule has 0 unspecified atom stereocenters. The fourth-order valence-corrected chi connectivity index (χ4v) is 2.65. The maximum absolute atomic E-state index is 13.4. The number of para-hydroxylation sites is 1. The summed E-state index contributed by atoms with van der Waals surface area (Å²) in [6.07, 6.45) is 0.970. The second-order valence-electron chi connectivity index (χ2n) is 5.91. The van der Waals surface area contributed by atoms with Crippen molar-refractivity contribution in [2.75, 3.05) is 31.6 Å². The highest BCUT2D eigenvalue weighted by Crippen LogP contribution is 2.16. The van der Waals surface area contributed by atoms with E-state index in [1.165, 1.54) is 17.8 Å². The lowest BCUT2D eigenvalue weighted by atomic mass is 10.2. The van der Waals surface area contributed by atoms with Crippen molar-refractivity contribution in [2.24, 2.45) is 4.99 Å². The molecule has 0 aromatic heterocycles. The molecule has 0 saturated heterocycles. The van der Waals surface area contributed by atoms with Crippen LogP contribution in [0.3, 0.4) is 0 Å². The lowest BCUT2D eigenvalue weighted by Crippen LogP contribution is -2.38. The molecule has 0 heterocycles. The number of aromatic hydroxyl groups is 1. The molecular formula is C20H28FIN4O. The third-order valence-electron chi connectivity index (χ3n) is 4.10. The number of aliphatic imine (C=N–C) groups is 1. The Morgan fingerprint density at radius 1 is 1.15 bits per heavy atom. The predicted octanol–water partition coefficient (Wildman–Crippen LogP) is 3.73. The maximum atomic E-state index is 13.4. The SMILES string of the molecule is CCN(CCCNC(=NC)NCc1ccc(O)c(F)c1)c1ccccc1.I. The average molecular weight is 486 g/mol. The van der Waals surface area contributed by atoms with Crippen molar-refractivity contribution in [3.05, 3.63) is 59.9 Å². The van der Waals surface area contributed by atoms with E-state index in [1.807, 2.05) is 18.2 Å². The van der Waals surface area contributed by atoms with Crippen LogP contribution in [-0.4, -0.2) is 37.7 Å². The first-order valence-electron chi connectivity index (χ1n) is 8.86. The molecule has 7 heteroatoms. The van der Waals surface area contributed by atoms with Gasteiger partial charge in [0.1, 0.15) is 0 Å². The molecule has 3 N–H and O–H groups in total. The lowest BCUT2D eigenvalue weighted by molar-refractivity contribution is 0.431. The summed E-state index contributed by atoms with van der Waals surface area (Å²) >= 11 is 0. The van der Waals surface area contributed by atoms with Crippen LogP contribution in [0.1, 0.15) is 18.9 Å². The van der Waals surface area contributed by atoms with Gasteiger partial charge in [0.05, 0.1) is 0 Å². The number of rotatable bonds is 8. The zero-order valence-corrected chi connectivity index (χ0v) is 18.1. The number of phenols is 1. The summed E-state index contributed by atoms with van der Waals surface area (Å²) in [7, 11) is 1.70. The standard InChI is InChI=1S/C20H27FN4O.HI/c1-3-25(17-8-5-4-6-9-17)13-7-12-23-20(22-2)24-15-16-10-11-19(26)18(21)14-16;/h4-6,8-11,14,26H,3,7,12-13,15H2,1-2H3,(H2,22,23,24);1H. The van der Waals surface area contributed by atoms with Gasteiger partial charge in [0.25, 0.3) is 0 Å². The Labute approximate surface area is 177 Å². The number of benzene rings is 2. The summed E-state index contributed by atoms with van der Waals surface area (Å²) in [4.78, 5) is 6.51. The minimum absolute atomic E-state index is 0. The van der Waals surface area contributed by atoms with Crippen molar-refractivity contribution in [1.82, 2.24) is 10.6 Å². The van der Waals surface area contributed by atoms with Crippen LogP contribution < -0.4 is 15.5 Å². The Hall–Kier alpha value is -2.03. The number of hydrogen-bond donors (Lipinski definition) is 3. The highest BCUT2D eigenvalue weighted by molar-refractivity contribution is 14.0. The third-order valence-corrected chi connectivity index (χ3v) is 4.10. The van der Waals surface area contributed by atoms with Crippen LogP contribution in [0.4, 0.5) is 10.1 Å². The number of nitrogens with one attached hydrogen (secondary N) is 2. The zero-order valence-electron chi connectivity index (χ0n) is 15.8. The van der Waals surface area contributed by atoms with E-state index >= 15 is 0 Å². The van der Waals surface area contributed by atoms with Crippen molar-refractivity contribution >= 4 is 35.6 Å². The molecule has 0 saturated carbocycles. The van der Waals surface area contributed by atoms with Gasteiger partial charge in [-0.2, -0.15) is 0 Å². The van der Waals surface area contributed by atoms with Gasteiger partial charge in [-0.3, -0.25) is 4.99 Å². The fraction of sp³-hybridized carbons (Fsp3) is 0.350. The van der Waals surface area contributed by atoms with E-state index in [4.69, 9.17) is 0 Å². The second kappa shape index (κ2) is 12.4. The summed E-state index contributed by atoms with van der Waals surface area (Å²) in [6, 6.07) is 14.7. The number of hydrogen-bond acceptors (Lipinski definition) is 3. The van der Waals surface area contributed by atoms with Crippen LogP contribution >= 0.6 is 24.0 Å². The molecule has 148 valence electrons. The summed E-state index contributed by atoms with van der Waals surface area (Å²) in [5.74, 6) is -0.288. The van der Waals surface area contributed by atoms with Crippen LogP contribution in [0, 0.1) is 5.82 Å². The Balaban J connectivity index is 0.00000364. The minimum Gasteiger partial charge on any atom is -0.505 e. The summed E-state index contributed by atoms with van der Waals surface area (Å²) in [6.45, 7) is 5.28. The van der Waals surface area contributed by atoms with Crippen molar-refractivity contribution in [2.45, 2.75) is 19.9 Å². The molecule has 0 aliphatic heterocycles. The zero-order chi connectivity index (χ0) is 18.8. The van der Waals surface area contributed by atoms with E-state index in [1.54, 1.807) is 13.1 Å². The molecule has 2 rings (SSSR count). The van der Waals surface area contributed by atoms with Gasteiger partial charge in [-0.15, -0.1) is 24.0 Å². The van der Waals surface area contributed by atoms with Gasteiger partial charge in [-0.1, -0.05) is 24.3 Å². The smallest absolute Gasteiger partial charge is 0.191 e. The summed E-state index contributed by atoms with van der Waals surface area (Å²) < 4.78 is 13.4. The molecule has 0 aliphatic carbocycles. The lowest BCUT2D eigenvalue weighted by Gasteiger charge is -2.23. The molecule has 0 aliphatic rings. The van der Waals surface area contributed by atoms with E-state index in [0.717, 1.165) is 31.6 Å². The molecule has 0 amide bonds. The summed E-state index contributed by atoms with van der Waals surface area (Å²) in [5, 5.41) is 15.6. The molecule has 0 radical (unpaired) electrons. The minimum atomic E-state index is -0.618. The summed E-state index contributed by atoms with van der Waals surface area (Å²) in [5.41, 5.74) is 1.97. The first kappa shape index (κ1) is 23.0. The van der Waals surface area contributed by atoms with Gasteiger partial charge < -0.3 is 20.6 Å². The topological polar surface area (TPSA) is 59.9 Å². The number of anilines is 1. The average Bonchev–Trinajstić information content (AvgIpc) is 2.67. The molecule has 27 heavy (non-hydrogen) atoms. The molecule has 2 aromatic carbocycles. The quantitative estimate of drug-likeness (QED) is 0.231. The van der Waals surface area contributed by atoms with E-state index < -0.39 is 5.82 Å². The molecule has 0 fully saturated rings. The molecular weight excluding hydrogens is 458 g/mol. The first-order chi connectivity index (χ1) is 12.6. The van der Waals surface area contributed by atoms with Crippen LogP contribution in [0.25, 0.3) is 0 Å². The number of halogens is 2. The van der Waals surface area contributed by atoms with Crippen LogP contribution in [0.5, 0.6) is 5.75 Å². The molecule has 0 atom stereocenters. The number of phenolic OH excluding ortho intramolecular Hbond substituents is 1. The van der Waals surface area contributed by atoms with E-state index in [9.17, 15) is 9.50 Å². The molecule has 0 bridgehead atoms. The van der Waals surface area contributed by atoms with Crippen molar-refractivity contribution in [1.29, 1.82) is 0 Å². The monoisotopic (exact) mass is 486 g/mol. The van der Waals surface area contributed by atoms with E-state index in [-0.39, 0.29) is 29.7 Å². The van der Waals surface area contributed by atoms with Gasteiger partial charge in [-0.05, 0) is 43.2 Å². The maximum Gasteiger partial charge on any atom is 0.191 e. The van der Waals surface area contributed by atoms with Gasteiger partial charge in [0.2, 0.25) is 0 Å². The second-order valence-corrected chi connectivity index (χ2v) is 5.91.